The van der Waals surface area contributed by atoms with E-state index in [0.717, 1.165) is 6.42 Å². The van der Waals surface area contributed by atoms with Gasteiger partial charge in [0.25, 0.3) is 0 Å². The highest BCUT2D eigenvalue weighted by Gasteiger charge is 2.46. The molecule has 0 radical (unpaired) electrons. The lowest BCUT2D eigenvalue weighted by Gasteiger charge is -2.46. The maximum absolute atomic E-state index is 11.4. The molecule has 1 saturated carbocycles. The number of nitrogens with zero attached hydrogens (tertiary/aromatic N) is 2. The summed E-state index contributed by atoms with van der Waals surface area (Å²) in [7, 11) is 1.55. The van der Waals surface area contributed by atoms with Crippen LogP contribution in [0.25, 0.3) is 0 Å². The average molecular weight is 293 g/mol. The Morgan fingerprint density at radius 1 is 1.43 bits per heavy atom. The predicted molar refractivity (Wildman–Crippen MR) is 79.3 cm³/mol. The number of aromatic nitrogens is 2. The first-order valence-electron chi connectivity index (χ1n) is 7.21. The van der Waals surface area contributed by atoms with Gasteiger partial charge in [0.05, 0.1) is 25.4 Å². The number of rotatable bonds is 4. The third-order valence-electron chi connectivity index (χ3n) is 4.89. The Kier molecular flexibility index (Phi) is 4.34. The maximum atomic E-state index is 11.4. The number of aliphatic carboxylic acids is 1. The molecule has 1 aromatic rings. The van der Waals surface area contributed by atoms with Crippen LogP contribution in [-0.4, -0.2) is 34.2 Å². The molecule has 1 aliphatic rings. The normalized spacial score (nSPS) is 27.9. The highest BCUT2D eigenvalue weighted by molar-refractivity contribution is 5.71. The van der Waals surface area contributed by atoms with Gasteiger partial charge in [0.1, 0.15) is 5.82 Å². The van der Waals surface area contributed by atoms with E-state index < -0.39 is 5.97 Å². The third kappa shape index (κ3) is 3.09. The number of anilines is 1. The second kappa shape index (κ2) is 5.87. The highest BCUT2D eigenvalue weighted by Crippen LogP contribution is 2.45. The third-order valence-corrected chi connectivity index (χ3v) is 4.89. The lowest BCUT2D eigenvalue weighted by Crippen LogP contribution is -2.48. The van der Waals surface area contributed by atoms with Crippen LogP contribution in [-0.2, 0) is 4.79 Å². The van der Waals surface area contributed by atoms with E-state index in [-0.39, 0.29) is 23.3 Å². The monoisotopic (exact) mass is 293 g/mol. The van der Waals surface area contributed by atoms with Crippen LogP contribution in [0.15, 0.2) is 12.4 Å². The summed E-state index contributed by atoms with van der Waals surface area (Å²) in [5, 5.41) is 12.8. The van der Waals surface area contributed by atoms with Gasteiger partial charge in [0, 0.05) is 6.04 Å². The van der Waals surface area contributed by atoms with Crippen LogP contribution in [0.2, 0.25) is 0 Å². The minimum Gasteiger partial charge on any atom is -0.481 e. The minimum absolute atomic E-state index is 0.178. The quantitative estimate of drug-likeness (QED) is 0.887. The van der Waals surface area contributed by atoms with E-state index in [2.05, 4.69) is 22.2 Å². The molecule has 21 heavy (non-hydrogen) atoms. The molecule has 1 heterocycles. The van der Waals surface area contributed by atoms with E-state index in [1.54, 1.807) is 19.5 Å². The Bertz CT molecular complexity index is 519. The van der Waals surface area contributed by atoms with Crippen molar-refractivity contribution in [2.45, 2.75) is 39.7 Å². The van der Waals surface area contributed by atoms with E-state index in [0.29, 0.717) is 18.1 Å². The number of hydrogen-bond donors (Lipinski definition) is 2. The fourth-order valence-corrected chi connectivity index (χ4v) is 3.15. The van der Waals surface area contributed by atoms with Gasteiger partial charge in [0.15, 0.2) is 0 Å². The number of methoxy groups -OCH3 is 1. The minimum atomic E-state index is -0.702. The number of ether oxygens (including phenoxy) is 1. The Hall–Kier alpha value is -1.85. The van der Waals surface area contributed by atoms with Gasteiger partial charge in [-0.1, -0.05) is 20.8 Å². The summed E-state index contributed by atoms with van der Waals surface area (Å²) in [6.45, 7) is 6.16. The van der Waals surface area contributed by atoms with E-state index in [1.165, 1.54) is 0 Å². The van der Waals surface area contributed by atoms with Gasteiger partial charge in [-0.25, -0.2) is 0 Å². The van der Waals surface area contributed by atoms with Crippen LogP contribution < -0.4 is 10.1 Å². The van der Waals surface area contributed by atoms with Crippen molar-refractivity contribution >= 4 is 11.8 Å². The summed E-state index contributed by atoms with van der Waals surface area (Å²) in [6.07, 6.45) is 4.69. The lowest BCUT2D eigenvalue weighted by atomic mass is 9.61. The van der Waals surface area contributed by atoms with Crippen LogP contribution >= 0.6 is 0 Å². The number of carboxylic acid groups (broad SMARTS) is 1. The van der Waals surface area contributed by atoms with Crippen molar-refractivity contribution in [3.8, 4) is 5.88 Å². The van der Waals surface area contributed by atoms with Crippen LogP contribution in [0, 0.1) is 17.3 Å². The first kappa shape index (κ1) is 15.5. The Balaban J connectivity index is 2.13. The van der Waals surface area contributed by atoms with Crippen LogP contribution in [0.1, 0.15) is 33.6 Å². The smallest absolute Gasteiger partial charge is 0.307 e. The summed E-state index contributed by atoms with van der Waals surface area (Å²) in [5.74, 6) is 0.329. The molecule has 0 amide bonds. The zero-order chi connectivity index (χ0) is 15.6. The van der Waals surface area contributed by atoms with E-state index in [4.69, 9.17) is 4.74 Å². The standard InChI is InChI=1S/C15H23N3O3/c1-9-11(6-5-10(14(19)20)15(9,2)3)17-12-7-16-8-13(18-12)21-4/h7-11H,5-6H2,1-4H3,(H,17,18)(H,19,20). The molecule has 0 aromatic carbocycles. The molecule has 1 aromatic heterocycles. The number of nitrogens with one attached hydrogen (secondary N) is 1. The van der Waals surface area contributed by atoms with Crippen LogP contribution in [0.3, 0.4) is 0 Å². The van der Waals surface area contributed by atoms with Crippen LogP contribution in [0.5, 0.6) is 5.88 Å². The largest absolute Gasteiger partial charge is 0.481 e. The average Bonchev–Trinajstić information content (AvgIpc) is 2.44. The summed E-state index contributed by atoms with van der Waals surface area (Å²) in [6, 6.07) is 0.178. The molecular formula is C15H23N3O3. The van der Waals surface area contributed by atoms with E-state index in [1.807, 2.05) is 13.8 Å². The summed E-state index contributed by atoms with van der Waals surface area (Å²) in [5.41, 5.74) is -0.270. The van der Waals surface area contributed by atoms with Gasteiger partial charge in [-0.15, -0.1) is 0 Å². The van der Waals surface area contributed by atoms with E-state index >= 15 is 0 Å². The highest BCUT2D eigenvalue weighted by atomic mass is 16.5. The fraction of sp³-hybridized carbons (Fsp3) is 0.667. The molecule has 3 atom stereocenters. The molecule has 3 unspecified atom stereocenters. The van der Waals surface area contributed by atoms with E-state index in [9.17, 15) is 9.90 Å². The SMILES string of the molecule is COc1cncc(NC2CCC(C(=O)O)C(C)(C)C2C)n1. The maximum Gasteiger partial charge on any atom is 0.307 e. The molecule has 2 rings (SSSR count). The Morgan fingerprint density at radius 2 is 2.14 bits per heavy atom. The molecule has 1 aliphatic carbocycles. The molecule has 0 aliphatic heterocycles. The van der Waals surface area contributed by atoms with Gasteiger partial charge in [-0.2, -0.15) is 4.98 Å². The number of hydrogen-bond acceptors (Lipinski definition) is 5. The molecule has 116 valence electrons. The van der Waals surface area contributed by atoms with Crippen LogP contribution in [0.4, 0.5) is 5.82 Å². The van der Waals surface area contributed by atoms with Crippen molar-refractivity contribution < 1.29 is 14.6 Å². The van der Waals surface area contributed by atoms with Crippen molar-refractivity contribution in [3.05, 3.63) is 12.4 Å². The first-order valence-corrected chi connectivity index (χ1v) is 7.21. The molecule has 0 saturated heterocycles. The van der Waals surface area contributed by atoms with Crippen molar-refractivity contribution in [2.24, 2.45) is 17.3 Å². The second-order valence-electron chi connectivity index (χ2n) is 6.28. The molecule has 0 bridgehead atoms. The van der Waals surface area contributed by atoms with Crippen molar-refractivity contribution in [2.75, 3.05) is 12.4 Å². The molecule has 6 heteroatoms. The second-order valence-corrected chi connectivity index (χ2v) is 6.28. The van der Waals surface area contributed by atoms with Gasteiger partial charge in [-0.05, 0) is 24.2 Å². The molecule has 6 nitrogen and oxygen atoms in total. The van der Waals surface area contributed by atoms with Gasteiger partial charge in [0.2, 0.25) is 5.88 Å². The molecule has 2 N–H and O–H groups in total. The lowest BCUT2D eigenvalue weighted by molar-refractivity contribution is -0.149. The van der Waals surface area contributed by atoms with Crippen molar-refractivity contribution in [1.82, 2.24) is 9.97 Å². The van der Waals surface area contributed by atoms with Crippen molar-refractivity contribution in [3.63, 3.8) is 0 Å². The zero-order valence-electron chi connectivity index (χ0n) is 13.0. The number of carbonyl (C=O) groups is 1. The predicted octanol–water partition coefficient (Wildman–Crippen LogP) is 2.42. The molecular weight excluding hydrogens is 270 g/mol. The van der Waals surface area contributed by atoms with Crippen molar-refractivity contribution in [1.29, 1.82) is 0 Å². The number of carboxylic acids is 1. The van der Waals surface area contributed by atoms with Gasteiger partial charge >= 0.3 is 5.97 Å². The summed E-state index contributed by atoms with van der Waals surface area (Å²) in [4.78, 5) is 19.8. The van der Waals surface area contributed by atoms with Gasteiger partial charge in [-0.3, -0.25) is 9.78 Å². The Morgan fingerprint density at radius 3 is 2.76 bits per heavy atom. The molecule has 1 fully saturated rings. The first-order chi connectivity index (χ1) is 9.86. The van der Waals surface area contributed by atoms with Gasteiger partial charge < -0.3 is 15.2 Å². The zero-order valence-corrected chi connectivity index (χ0v) is 13.0. The Labute approximate surface area is 124 Å². The summed E-state index contributed by atoms with van der Waals surface area (Å²) >= 11 is 0. The fourth-order valence-electron chi connectivity index (χ4n) is 3.15. The summed E-state index contributed by atoms with van der Waals surface area (Å²) < 4.78 is 5.07. The topological polar surface area (TPSA) is 84.3 Å². The molecule has 0 spiro atoms.